The van der Waals surface area contributed by atoms with Crippen molar-refractivity contribution in [2.45, 2.75) is 51.9 Å². The van der Waals surface area contributed by atoms with Crippen LogP contribution >= 0.6 is 24.0 Å². The molecule has 0 atom stereocenters. The Balaban J connectivity index is 0.00000312. The number of aliphatic imine (C=N–C) groups is 1. The van der Waals surface area contributed by atoms with Gasteiger partial charge in [0.1, 0.15) is 0 Å². The molecule has 0 bridgehead atoms. The molecule has 1 saturated carbocycles. The van der Waals surface area contributed by atoms with Crippen molar-refractivity contribution in [2.75, 3.05) is 53.5 Å². The van der Waals surface area contributed by atoms with Gasteiger partial charge in [-0.05, 0) is 69.5 Å². The molecule has 0 aromatic heterocycles. The highest BCUT2D eigenvalue weighted by Gasteiger charge is 2.36. The topological polar surface area (TPSA) is 48.9 Å². The van der Waals surface area contributed by atoms with Gasteiger partial charge in [-0.2, -0.15) is 0 Å². The van der Waals surface area contributed by atoms with E-state index in [2.05, 4.69) is 27.4 Å². The lowest BCUT2D eigenvalue weighted by Gasteiger charge is -2.42. The van der Waals surface area contributed by atoms with Gasteiger partial charge in [0.2, 0.25) is 0 Å². The maximum atomic E-state index is 5.28. The number of halogens is 1. The number of likely N-dealkylation sites (tertiary alicyclic amines) is 1. The number of nitrogens with one attached hydrogen (secondary N) is 2. The van der Waals surface area contributed by atoms with Crippen LogP contribution in [-0.2, 0) is 4.74 Å². The Morgan fingerprint density at radius 3 is 2.48 bits per heavy atom. The summed E-state index contributed by atoms with van der Waals surface area (Å²) in [5, 5.41) is 7.11. The van der Waals surface area contributed by atoms with Crippen LogP contribution in [0.4, 0.5) is 0 Å². The van der Waals surface area contributed by atoms with Gasteiger partial charge in [0.05, 0.1) is 0 Å². The molecule has 6 heteroatoms. The largest absolute Gasteiger partial charge is 0.385 e. The van der Waals surface area contributed by atoms with Gasteiger partial charge in [-0.25, -0.2) is 0 Å². The third-order valence-corrected chi connectivity index (χ3v) is 5.91. The highest BCUT2D eigenvalue weighted by molar-refractivity contribution is 14.0. The second-order valence-corrected chi connectivity index (χ2v) is 7.69. The number of piperidine rings is 1. The van der Waals surface area contributed by atoms with Crippen LogP contribution in [0.25, 0.3) is 0 Å². The maximum Gasteiger partial charge on any atom is 0.191 e. The van der Waals surface area contributed by atoms with Gasteiger partial charge < -0.3 is 20.3 Å². The average molecular weight is 466 g/mol. The molecule has 1 saturated heterocycles. The molecule has 0 aromatic rings. The first-order valence-corrected chi connectivity index (χ1v) is 9.87. The van der Waals surface area contributed by atoms with Gasteiger partial charge in [0.25, 0.3) is 0 Å². The first-order valence-electron chi connectivity index (χ1n) is 9.87. The van der Waals surface area contributed by atoms with E-state index in [1.807, 2.05) is 7.05 Å². The summed E-state index contributed by atoms with van der Waals surface area (Å²) in [4.78, 5) is 7.01. The summed E-state index contributed by atoms with van der Waals surface area (Å²) in [6.07, 6.45) is 9.03. The smallest absolute Gasteiger partial charge is 0.191 e. The Kier molecular flexibility index (Phi) is 11.3. The zero-order valence-corrected chi connectivity index (χ0v) is 18.8. The highest BCUT2D eigenvalue weighted by atomic mass is 127. The summed E-state index contributed by atoms with van der Waals surface area (Å²) in [5.41, 5.74) is 0.430. The fourth-order valence-corrected chi connectivity index (χ4v) is 3.97. The fraction of sp³-hybridized carbons (Fsp3) is 0.947. The van der Waals surface area contributed by atoms with E-state index >= 15 is 0 Å². The van der Waals surface area contributed by atoms with Crippen LogP contribution in [0, 0.1) is 11.3 Å². The molecule has 1 aliphatic carbocycles. The molecule has 2 aliphatic rings. The lowest BCUT2D eigenvalue weighted by Crippen LogP contribution is -2.48. The molecule has 0 amide bonds. The Labute approximate surface area is 171 Å². The maximum absolute atomic E-state index is 5.28. The normalized spacial score (nSPS) is 21.3. The van der Waals surface area contributed by atoms with Gasteiger partial charge in [-0.1, -0.05) is 13.3 Å². The first kappa shape index (κ1) is 23.0. The van der Waals surface area contributed by atoms with Crippen molar-refractivity contribution in [3.05, 3.63) is 0 Å². The summed E-state index contributed by atoms with van der Waals surface area (Å²) in [6.45, 7) is 8.97. The Morgan fingerprint density at radius 1 is 1.24 bits per heavy atom. The van der Waals surface area contributed by atoms with Crippen molar-refractivity contribution in [3.63, 3.8) is 0 Å². The van der Waals surface area contributed by atoms with E-state index in [1.54, 1.807) is 7.11 Å². The zero-order chi connectivity index (χ0) is 17.3. The molecular weight excluding hydrogens is 427 g/mol. The van der Waals surface area contributed by atoms with Crippen molar-refractivity contribution >= 4 is 29.9 Å². The second kappa shape index (κ2) is 12.3. The lowest BCUT2D eigenvalue weighted by atomic mass is 9.67. The van der Waals surface area contributed by atoms with E-state index in [0.717, 1.165) is 38.0 Å². The van der Waals surface area contributed by atoms with Crippen LogP contribution in [-0.4, -0.2) is 64.3 Å². The quantitative estimate of drug-likeness (QED) is 0.312. The number of ether oxygens (including phenoxy) is 1. The molecule has 0 spiro atoms. The minimum Gasteiger partial charge on any atom is -0.385 e. The number of methoxy groups -OCH3 is 1. The summed E-state index contributed by atoms with van der Waals surface area (Å²) in [6, 6.07) is 0. The molecule has 2 fully saturated rings. The Bertz CT molecular complexity index is 380. The molecule has 148 valence electrons. The predicted molar refractivity (Wildman–Crippen MR) is 117 cm³/mol. The molecule has 25 heavy (non-hydrogen) atoms. The standard InChI is InChI=1S/C19H38N4O.HI/c1-4-11-23-12-6-17(7-13-23)15-21-18(20-2)22-16-19(8-5-9-19)10-14-24-3;/h17H,4-16H2,1-3H3,(H2,20,21,22);1H. The number of hydrogen-bond acceptors (Lipinski definition) is 3. The third kappa shape index (κ3) is 7.59. The van der Waals surface area contributed by atoms with Crippen molar-refractivity contribution in [1.82, 2.24) is 15.5 Å². The van der Waals surface area contributed by atoms with Gasteiger partial charge in [0, 0.05) is 33.9 Å². The molecule has 1 heterocycles. The molecular formula is C19H39IN4O. The SMILES string of the molecule is CCCN1CCC(CNC(=NC)NCC2(CCOC)CCC2)CC1.I. The average Bonchev–Trinajstić information content (AvgIpc) is 2.57. The molecule has 1 aliphatic heterocycles. The molecule has 0 radical (unpaired) electrons. The highest BCUT2D eigenvalue weighted by Crippen LogP contribution is 2.43. The first-order chi connectivity index (χ1) is 11.7. The molecule has 0 aromatic carbocycles. The van der Waals surface area contributed by atoms with Crippen LogP contribution < -0.4 is 10.6 Å². The Morgan fingerprint density at radius 2 is 1.96 bits per heavy atom. The van der Waals surface area contributed by atoms with Crippen molar-refractivity contribution in [2.24, 2.45) is 16.3 Å². The van der Waals surface area contributed by atoms with Gasteiger partial charge in [0.15, 0.2) is 5.96 Å². The Hall–Kier alpha value is -0.0800. The van der Waals surface area contributed by atoms with Crippen LogP contribution in [0.3, 0.4) is 0 Å². The second-order valence-electron chi connectivity index (χ2n) is 7.69. The van der Waals surface area contributed by atoms with E-state index in [0.29, 0.717) is 5.41 Å². The van der Waals surface area contributed by atoms with Crippen LogP contribution in [0.5, 0.6) is 0 Å². The molecule has 0 unspecified atom stereocenters. The van der Waals surface area contributed by atoms with Gasteiger partial charge in [-0.3, -0.25) is 4.99 Å². The number of hydrogen-bond donors (Lipinski definition) is 2. The molecule has 2 rings (SSSR count). The molecule has 2 N–H and O–H groups in total. The van der Waals surface area contributed by atoms with Crippen molar-refractivity contribution in [1.29, 1.82) is 0 Å². The van der Waals surface area contributed by atoms with Gasteiger partial charge >= 0.3 is 0 Å². The fourth-order valence-electron chi connectivity index (χ4n) is 3.97. The van der Waals surface area contributed by atoms with Gasteiger partial charge in [-0.15, -0.1) is 24.0 Å². The number of guanidine groups is 1. The summed E-state index contributed by atoms with van der Waals surface area (Å²) >= 11 is 0. The number of nitrogens with zero attached hydrogens (tertiary/aromatic N) is 2. The minimum atomic E-state index is 0. The van der Waals surface area contributed by atoms with E-state index in [9.17, 15) is 0 Å². The van der Waals surface area contributed by atoms with Crippen LogP contribution in [0.2, 0.25) is 0 Å². The van der Waals surface area contributed by atoms with E-state index in [-0.39, 0.29) is 24.0 Å². The minimum absolute atomic E-state index is 0. The van der Waals surface area contributed by atoms with E-state index < -0.39 is 0 Å². The van der Waals surface area contributed by atoms with Crippen LogP contribution in [0.1, 0.15) is 51.9 Å². The van der Waals surface area contributed by atoms with E-state index in [4.69, 9.17) is 4.74 Å². The number of rotatable bonds is 9. The van der Waals surface area contributed by atoms with E-state index in [1.165, 1.54) is 58.2 Å². The molecule has 5 nitrogen and oxygen atoms in total. The van der Waals surface area contributed by atoms with Crippen LogP contribution in [0.15, 0.2) is 4.99 Å². The third-order valence-electron chi connectivity index (χ3n) is 5.91. The summed E-state index contributed by atoms with van der Waals surface area (Å²) in [5.74, 6) is 1.75. The monoisotopic (exact) mass is 466 g/mol. The summed E-state index contributed by atoms with van der Waals surface area (Å²) < 4.78 is 5.28. The summed E-state index contributed by atoms with van der Waals surface area (Å²) in [7, 11) is 3.67. The zero-order valence-electron chi connectivity index (χ0n) is 16.5. The van der Waals surface area contributed by atoms with Crippen molar-refractivity contribution in [3.8, 4) is 0 Å². The predicted octanol–water partition coefficient (Wildman–Crippen LogP) is 3.10. The lowest BCUT2D eigenvalue weighted by molar-refractivity contribution is 0.0732. The van der Waals surface area contributed by atoms with Crippen molar-refractivity contribution < 1.29 is 4.74 Å².